The summed E-state index contributed by atoms with van der Waals surface area (Å²) in [6, 6.07) is 0. The molecule has 0 aromatic heterocycles. The van der Waals surface area contributed by atoms with Crippen LogP contribution in [0.5, 0.6) is 0 Å². The third-order valence-electron chi connectivity index (χ3n) is 0.0833. The van der Waals surface area contributed by atoms with E-state index in [-0.39, 0.29) is 9.41 Å². The first-order valence-corrected chi connectivity index (χ1v) is 1.89. The van der Waals surface area contributed by atoms with Gasteiger partial charge < -0.3 is 4.46 Å². The molecule has 0 spiro atoms. The quantitative estimate of drug-likeness (QED) is 0.403. The van der Waals surface area contributed by atoms with Gasteiger partial charge in [-0.05, 0) is 5.70 Å². The van der Waals surface area contributed by atoms with E-state index in [9.17, 15) is 4.46 Å². The largest absolute Gasteiger partial charge is 0.379 e. The van der Waals surface area contributed by atoms with Crippen molar-refractivity contribution in [2.75, 3.05) is 0 Å². The smallest absolute Gasteiger partial charge is 0.356 e. The van der Waals surface area contributed by atoms with E-state index < -0.39 is 0 Å². The van der Waals surface area contributed by atoms with Gasteiger partial charge in [-0.25, -0.2) is 0 Å². The molecule has 0 fully saturated rings. The van der Waals surface area contributed by atoms with E-state index in [1.54, 1.807) is 0 Å². The highest BCUT2D eigenvalue weighted by molar-refractivity contribution is 6.24. The van der Waals surface area contributed by atoms with Gasteiger partial charge in [-0.15, -0.1) is 6.58 Å². The SMILES string of the molecule is C=C[Si]=O. The highest BCUT2D eigenvalue weighted by Crippen LogP contribution is 1.32. The zero-order valence-electron chi connectivity index (χ0n) is 2.19. The lowest BCUT2D eigenvalue weighted by molar-refractivity contribution is 0.583. The molecule has 1 radical (unpaired) electrons. The lowest BCUT2D eigenvalue weighted by Gasteiger charge is -1.32. The summed E-state index contributed by atoms with van der Waals surface area (Å²) in [7, 11) is -0.346. The van der Waals surface area contributed by atoms with Crippen molar-refractivity contribution in [2.45, 2.75) is 0 Å². The van der Waals surface area contributed by atoms with Gasteiger partial charge in [0.05, 0.1) is 0 Å². The minimum absolute atomic E-state index is 0.346. The van der Waals surface area contributed by atoms with Gasteiger partial charge in [-0.1, -0.05) is 0 Å². The first-order valence-electron chi connectivity index (χ1n) is 0.901. The van der Waals surface area contributed by atoms with Crippen LogP contribution >= 0.6 is 0 Å². The zero-order valence-corrected chi connectivity index (χ0v) is 3.19. The van der Waals surface area contributed by atoms with E-state index in [0.717, 1.165) is 0 Å². The molecule has 1 nitrogen and oxygen atoms in total. The number of hydrogen-bond donors (Lipinski definition) is 0. The Morgan fingerprint density at radius 2 is 2.25 bits per heavy atom. The Kier molecular flexibility index (Phi) is 2.59. The summed E-state index contributed by atoms with van der Waals surface area (Å²) in [6.07, 6.45) is 0. The van der Waals surface area contributed by atoms with E-state index >= 15 is 0 Å². The third kappa shape index (κ3) is 1.76. The van der Waals surface area contributed by atoms with Gasteiger partial charge in [0.25, 0.3) is 0 Å². The van der Waals surface area contributed by atoms with Crippen molar-refractivity contribution in [1.82, 2.24) is 0 Å². The molecule has 0 aromatic rings. The average Bonchev–Trinajstić information content (AvgIpc) is 1.37. The van der Waals surface area contributed by atoms with E-state index in [0.29, 0.717) is 0 Å². The van der Waals surface area contributed by atoms with Gasteiger partial charge in [0.2, 0.25) is 0 Å². The standard InChI is InChI=1S/C2H3OSi/c1-2-4-3/h2H,1H2. The van der Waals surface area contributed by atoms with Crippen molar-refractivity contribution in [2.24, 2.45) is 0 Å². The molecule has 2 heteroatoms. The van der Waals surface area contributed by atoms with E-state index in [1.807, 2.05) is 0 Å². The van der Waals surface area contributed by atoms with Crippen LogP contribution in [-0.4, -0.2) is 9.41 Å². The van der Waals surface area contributed by atoms with E-state index in [2.05, 4.69) is 6.58 Å². The van der Waals surface area contributed by atoms with Gasteiger partial charge in [0, 0.05) is 0 Å². The average molecular weight is 71.1 g/mol. The Morgan fingerprint density at radius 1 is 2.00 bits per heavy atom. The normalized spacial score (nSPS) is 5.00. The molecule has 0 saturated carbocycles. The predicted octanol–water partition coefficient (Wildman–Crippen LogP) is 0.180. The minimum atomic E-state index is -0.346. The number of rotatable bonds is 1. The zero-order chi connectivity index (χ0) is 3.41. The van der Waals surface area contributed by atoms with Crippen molar-refractivity contribution >= 4 is 9.41 Å². The molecule has 0 rings (SSSR count). The van der Waals surface area contributed by atoms with Crippen molar-refractivity contribution in [3.63, 3.8) is 0 Å². The summed E-state index contributed by atoms with van der Waals surface area (Å²) in [5.41, 5.74) is 1.35. The van der Waals surface area contributed by atoms with Crippen LogP contribution in [0.25, 0.3) is 0 Å². The van der Waals surface area contributed by atoms with Crippen LogP contribution in [0.15, 0.2) is 12.3 Å². The van der Waals surface area contributed by atoms with Crippen LogP contribution in [0.4, 0.5) is 0 Å². The Balaban J connectivity index is 2.73. The maximum atomic E-state index is 9.21. The van der Waals surface area contributed by atoms with Crippen LogP contribution in [0.1, 0.15) is 0 Å². The lowest BCUT2D eigenvalue weighted by atomic mass is 11.3. The maximum absolute atomic E-state index is 9.21. The molecule has 0 bridgehead atoms. The van der Waals surface area contributed by atoms with Crippen molar-refractivity contribution in [3.05, 3.63) is 12.3 Å². The molecular formula is C2H3OSi. The van der Waals surface area contributed by atoms with Gasteiger partial charge in [0.1, 0.15) is 0 Å². The Morgan fingerprint density at radius 3 is 2.25 bits per heavy atom. The Labute approximate surface area is 27.2 Å². The van der Waals surface area contributed by atoms with Crippen LogP contribution in [0.3, 0.4) is 0 Å². The van der Waals surface area contributed by atoms with Crippen LogP contribution in [-0.2, 0) is 4.46 Å². The van der Waals surface area contributed by atoms with Crippen LogP contribution in [0, 0.1) is 0 Å². The predicted molar refractivity (Wildman–Crippen MR) is 16.6 cm³/mol. The molecule has 0 unspecified atom stereocenters. The summed E-state index contributed by atoms with van der Waals surface area (Å²) in [5.74, 6) is 0. The van der Waals surface area contributed by atoms with Crippen LogP contribution < -0.4 is 0 Å². The fraction of sp³-hybridized carbons (Fsp3) is 0. The molecule has 21 valence electrons. The first kappa shape index (κ1) is 3.76. The minimum Gasteiger partial charge on any atom is -0.379 e. The van der Waals surface area contributed by atoms with Gasteiger partial charge in [0.15, 0.2) is 0 Å². The highest BCUT2D eigenvalue weighted by Gasteiger charge is 1.47. The fourth-order valence-electron chi connectivity index (χ4n) is 0. The van der Waals surface area contributed by atoms with E-state index in [1.165, 1.54) is 5.70 Å². The van der Waals surface area contributed by atoms with Crippen LogP contribution in [0.2, 0.25) is 0 Å². The summed E-state index contributed by atoms with van der Waals surface area (Å²) in [4.78, 5) is 0. The second-order valence-corrected chi connectivity index (χ2v) is 0.966. The molecule has 0 aromatic carbocycles. The summed E-state index contributed by atoms with van der Waals surface area (Å²) in [5, 5.41) is 0. The second kappa shape index (κ2) is 2.76. The molecule has 0 N–H and O–H groups in total. The molecule has 0 aliphatic carbocycles. The van der Waals surface area contributed by atoms with Gasteiger partial charge >= 0.3 is 9.41 Å². The first-order chi connectivity index (χ1) is 1.91. The third-order valence-corrected chi connectivity index (χ3v) is 0.250. The summed E-state index contributed by atoms with van der Waals surface area (Å²) >= 11 is 0. The maximum Gasteiger partial charge on any atom is 0.356 e. The molecule has 0 saturated heterocycles. The van der Waals surface area contributed by atoms with Crippen molar-refractivity contribution in [3.8, 4) is 0 Å². The fourth-order valence-corrected chi connectivity index (χ4v) is 0. The topological polar surface area (TPSA) is 17.1 Å². The summed E-state index contributed by atoms with van der Waals surface area (Å²) < 4.78 is 9.21. The Bertz CT molecular complexity index is 27.0. The molecule has 0 aliphatic heterocycles. The molecule has 4 heavy (non-hydrogen) atoms. The monoisotopic (exact) mass is 71.0 g/mol. The summed E-state index contributed by atoms with van der Waals surface area (Å²) in [6.45, 7) is 3.18. The van der Waals surface area contributed by atoms with Gasteiger partial charge in [-0.3, -0.25) is 0 Å². The molecule has 0 amide bonds. The molecule has 0 heterocycles. The van der Waals surface area contributed by atoms with Crippen molar-refractivity contribution < 1.29 is 4.46 Å². The van der Waals surface area contributed by atoms with E-state index in [4.69, 9.17) is 0 Å². The highest BCUT2D eigenvalue weighted by atomic mass is 28.2. The molecule has 0 aliphatic rings. The number of hydrogen-bond acceptors (Lipinski definition) is 1. The molecular weight excluding hydrogens is 68.1 g/mol. The second-order valence-electron chi connectivity index (χ2n) is 0.322. The molecule has 0 atom stereocenters. The van der Waals surface area contributed by atoms with Gasteiger partial charge in [-0.2, -0.15) is 0 Å². The Hall–Kier alpha value is -0.243. The lowest BCUT2D eigenvalue weighted by Crippen LogP contribution is -1.49. The van der Waals surface area contributed by atoms with Crippen molar-refractivity contribution in [1.29, 1.82) is 0 Å².